The summed E-state index contributed by atoms with van der Waals surface area (Å²) in [7, 11) is 1.52. The minimum atomic E-state index is -1.03. The van der Waals surface area contributed by atoms with Gasteiger partial charge in [0.15, 0.2) is 0 Å². The SMILES string of the molecule is CN(C(=O)O)C(C#Cc1cc2c(Nc3ccc(OCc4cccc(F)c4)c(Cl)c3)ncnc2s1)C(C)(C)C. The van der Waals surface area contributed by atoms with Crippen LogP contribution in [0.2, 0.25) is 5.02 Å². The van der Waals surface area contributed by atoms with Gasteiger partial charge in [-0.05, 0) is 47.4 Å². The molecule has 2 N–H and O–H groups in total. The van der Waals surface area contributed by atoms with E-state index in [1.54, 1.807) is 24.3 Å². The van der Waals surface area contributed by atoms with Gasteiger partial charge in [-0.3, -0.25) is 4.90 Å². The van der Waals surface area contributed by atoms with Crippen molar-refractivity contribution in [3.63, 3.8) is 0 Å². The van der Waals surface area contributed by atoms with Crippen LogP contribution in [-0.4, -0.2) is 39.2 Å². The first kappa shape index (κ1) is 27.2. The summed E-state index contributed by atoms with van der Waals surface area (Å²) < 4.78 is 19.2. The largest absolute Gasteiger partial charge is 0.487 e. The molecule has 1 amide bonds. The highest BCUT2D eigenvalue weighted by Crippen LogP contribution is 2.33. The number of halogens is 2. The first-order valence-corrected chi connectivity index (χ1v) is 12.9. The van der Waals surface area contributed by atoms with E-state index in [4.69, 9.17) is 16.3 Å². The van der Waals surface area contributed by atoms with Crippen molar-refractivity contribution in [2.75, 3.05) is 12.4 Å². The molecule has 4 rings (SSSR count). The standard InChI is InChI=1S/C28H26ClFN4O3S/c1-28(2,3)24(34(4)27(35)36)11-9-20-14-21-25(31-16-32-26(21)38-20)33-19-8-10-23(22(29)13-19)37-15-17-6-5-7-18(30)12-17/h5-8,10,12-14,16,24H,15H2,1-4H3,(H,35,36)(H,31,32,33). The predicted molar refractivity (Wildman–Crippen MR) is 149 cm³/mol. The van der Waals surface area contributed by atoms with Crippen molar-refractivity contribution in [3.05, 3.63) is 76.1 Å². The zero-order chi connectivity index (χ0) is 27.4. The van der Waals surface area contributed by atoms with E-state index in [0.717, 1.165) is 15.1 Å². The summed E-state index contributed by atoms with van der Waals surface area (Å²) in [4.78, 5) is 23.0. The third-order valence-electron chi connectivity index (χ3n) is 5.65. The molecule has 196 valence electrons. The molecule has 0 bridgehead atoms. The Labute approximate surface area is 229 Å². The average Bonchev–Trinajstić information content (AvgIpc) is 3.27. The van der Waals surface area contributed by atoms with Crippen molar-refractivity contribution in [1.29, 1.82) is 0 Å². The molecular weight excluding hydrogens is 527 g/mol. The van der Waals surface area contributed by atoms with Crippen LogP contribution in [0.15, 0.2) is 54.9 Å². The van der Waals surface area contributed by atoms with Crippen LogP contribution < -0.4 is 10.1 Å². The molecule has 38 heavy (non-hydrogen) atoms. The number of thiophene rings is 1. The van der Waals surface area contributed by atoms with Gasteiger partial charge < -0.3 is 15.2 Å². The Hall–Kier alpha value is -3.87. The van der Waals surface area contributed by atoms with Gasteiger partial charge in [-0.15, -0.1) is 11.3 Å². The molecule has 1 unspecified atom stereocenters. The molecule has 0 saturated carbocycles. The highest BCUT2D eigenvalue weighted by atomic mass is 35.5. The molecule has 10 heteroatoms. The number of hydrogen-bond donors (Lipinski definition) is 2. The van der Waals surface area contributed by atoms with Crippen LogP contribution in [-0.2, 0) is 6.61 Å². The highest BCUT2D eigenvalue weighted by Gasteiger charge is 2.29. The number of aromatic nitrogens is 2. The molecule has 2 heterocycles. The lowest BCUT2D eigenvalue weighted by molar-refractivity contribution is 0.121. The summed E-state index contributed by atoms with van der Waals surface area (Å²) in [5.41, 5.74) is 1.03. The maximum Gasteiger partial charge on any atom is 0.408 e. The molecule has 7 nitrogen and oxygen atoms in total. The molecule has 0 spiro atoms. The Morgan fingerprint density at radius 3 is 2.71 bits per heavy atom. The maximum absolute atomic E-state index is 13.4. The normalized spacial score (nSPS) is 11.9. The second-order valence-corrected chi connectivity index (χ2v) is 11.1. The number of ether oxygens (including phenoxy) is 1. The number of amides is 1. The van der Waals surface area contributed by atoms with Crippen LogP contribution in [0, 0.1) is 23.1 Å². The average molecular weight is 553 g/mol. The van der Waals surface area contributed by atoms with Gasteiger partial charge in [-0.2, -0.15) is 0 Å². The van der Waals surface area contributed by atoms with Gasteiger partial charge in [0, 0.05) is 12.7 Å². The third kappa shape index (κ3) is 6.52. The Kier molecular flexibility index (Phi) is 8.05. The van der Waals surface area contributed by atoms with Crippen LogP contribution in [0.3, 0.4) is 0 Å². The van der Waals surface area contributed by atoms with Gasteiger partial charge in [0.25, 0.3) is 0 Å². The zero-order valence-corrected chi connectivity index (χ0v) is 22.8. The van der Waals surface area contributed by atoms with Gasteiger partial charge >= 0.3 is 6.09 Å². The fourth-order valence-corrected chi connectivity index (χ4v) is 4.88. The number of carboxylic acid groups (broad SMARTS) is 1. The minimum absolute atomic E-state index is 0.188. The van der Waals surface area contributed by atoms with E-state index < -0.39 is 12.1 Å². The van der Waals surface area contributed by atoms with E-state index in [0.29, 0.717) is 27.8 Å². The fraction of sp³-hybridized carbons (Fsp3) is 0.250. The van der Waals surface area contributed by atoms with Crippen LogP contribution in [0.4, 0.5) is 20.7 Å². The number of rotatable bonds is 6. The van der Waals surface area contributed by atoms with Crippen LogP contribution in [0.5, 0.6) is 5.75 Å². The molecule has 1 atom stereocenters. The smallest absolute Gasteiger partial charge is 0.408 e. The van der Waals surface area contributed by atoms with Gasteiger partial charge in [-0.1, -0.05) is 56.3 Å². The zero-order valence-electron chi connectivity index (χ0n) is 21.3. The van der Waals surface area contributed by atoms with E-state index in [9.17, 15) is 14.3 Å². The van der Waals surface area contributed by atoms with Crippen molar-refractivity contribution in [1.82, 2.24) is 14.9 Å². The van der Waals surface area contributed by atoms with Crippen LogP contribution in [0.1, 0.15) is 31.2 Å². The monoisotopic (exact) mass is 552 g/mol. The van der Waals surface area contributed by atoms with Gasteiger partial charge in [0.2, 0.25) is 0 Å². The number of benzene rings is 2. The summed E-state index contributed by atoms with van der Waals surface area (Å²) in [6.07, 6.45) is 0.434. The first-order valence-electron chi connectivity index (χ1n) is 11.7. The molecule has 0 radical (unpaired) electrons. The van der Waals surface area contributed by atoms with Gasteiger partial charge in [0.05, 0.1) is 15.3 Å². The summed E-state index contributed by atoms with van der Waals surface area (Å²) in [6, 6.07) is 12.9. The van der Waals surface area contributed by atoms with Crippen LogP contribution in [0.25, 0.3) is 10.2 Å². The third-order valence-corrected chi connectivity index (χ3v) is 6.90. The minimum Gasteiger partial charge on any atom is -0.487 e. The number of fused-ring (bicyclic) bond motifs is 1. The van der Waals surface area contributed by atoms with Crippen molar-refractivity contribution in [2.45, 2.75) is 33.4 Å². The lowest BCUT2D eigenvalue weighted by Gasteiger charge is -2.32. The topological polar surface area (TPSA) is 87.6 Å². The lowest BCUT2D eigenvalue weighted by Crippen LogP contribution is -2.43. The molecule has 4 aromatic rings. The van der Waals surface area contributed by atoms with Gasteiger partial charge in [0.1, 0.15) is 41.2 Å². The molecule has 2 aromatic heterocycles. The summed E-state index contributed by atoms with van der Waals surface area (Å²) in [5.74, 6) is 6.97. The molecule has 0 aliphatic rings. The Bertz CT molecular complexity index is 1540. The summed E-state index contributed by atoms with van der Waals surface area (Å²) >= 11 is 7.84. The summed E-state index contributed by atoms with van der Waals surface area (Å²) in [5, 5.41) is 13.9. The predicted octanol–water partition coefficient (Wildman–Crippen LogP) is 7.18. The van der Waals surface area contributed by atoms with Crippen LogP contribution >= 0.6 is 22.9 Å². The highest BCUT2D eigenvalue weighted by molar-refractivity contribution is 7.19. The van der Waals surface area contributed by atoms with E-state index in [1.807, 2.05) is 32.9 Å². The van der Waals surface area contributed by atoms with Gasteiger partial charge in [-0.25, -0.2) is 19.2 Å². The number of nitrogens with one attached hydrogen (secondary N) is 1. The Morgan fingerprint density at radius 2 is 2.03 bits per heavy atom. The Morgan fingerprint density at radius 1 is 1.24 bits per heavy atom. The summed E-state index contributed by atoms with van der Waals surface area (Å²) in [6.45, 7) is 6.04. The van der Waals surface area contributed by atoms with E-state index in [-0.39, 0.29) is 17.8 Å². The molecule has 0 aliphatic heterocycles. The lowest BCUT2D eigenvalue weighted by atomic mass is 9.86. The Balaban J connectivity index is 1.53. The quantitative estimate of drug-likeness (QED) is 0.246. The van der Waals surface area contributed by atoms with Crippen molar-refractivity contribution >= 4 is 50.8 Å². The molecule has 0 aliphatic carbocycles. The first-order chi connectivity index (χ1) is 18.0. The molecule has 0 fully saturated rings. The van der Waals surface area contributed by atoms with Crippen molar-refractivity contribution in [3.8, 4) is 17.6 Å². The fourth-order valence-electron chi connectivity index (χ4n) is 3.78. The van der Waals surface area contributed by atoms with E-state index in [1.165, 1.54) is 41.7 Å². The number of hydrogen-bond acceptors (Lipinski definition) is 6. The molecule has 2 aromatic carbocycles. The molecule has 0 saturated heterocycles. The molecular formula is C28H26ClFN4O3S. The van der Waals surface area contributed by atoms with Crippen molar-refractivity contribution < 1.29 is 19.0 Å². The van der Waals surface area contributed by atoms with Crippen molar-refractivity contribution in [2.24, 2.45) is 5.41 Å². The second kappa shape index (κ2) is 11.3. The maximum atomic E-state index is 13.4. The van der Waals surface area contributed by atoms with E-state index in [2.05, 4.69) is 27.1 Å². The number of carbonyl (C=O) groups is 1. The second-order valence-electron chi connectivity index (χ2n) is 9.67. The number of anilines is 2. The number of nitrogens with zero attached hydrogens (tertiary/aromatic N) is 3. The van der Waals surface area contributed by atoms with E-state index >= 15 is 0 Å².